The number of para-hydroxylation sites is 1. The van der Waals surface area contributed by atoms with Crippen LogP contribution in [-0.2, 0) is 16.0 Å². The Bertz CT molecular complexity index is 887. The van der Waals surface area contributed by atoms with Gasteiger partial charge >= 0.3 is 5.97 Å². The third-order valence-electron chi connectivity index (χ3n) is 4.78. The van der Waals surface area contributed by atoms with Crippen LogP contribution in [0.3, 0.4) is 0 Å². The molecule has 2 atom stereocenters. The Balaban J connectivity index is 1.62. The molecular formula is C22H24N2O5. The molecule has 0 spiro atoms. The van der Waals surface area contributed by atoms with E-state index in [1.165, 1.54) is 6.07 Å². The van der Waals surface area contributed by atoms with Gasteiger partial charge in [0.25, 0.3) is 11.8 Å². The third-order valence-corrected chi connectivity index (χ3v) is 4.78. The highest BCUT2D eigenvalue weighted by Gasteiger charge is 2.29. The van der Waals surface area contributed by atoms with Gasteiger partial charge in [0, 0.05) is 17.7 Å². The summed E-state index contributed by atoms with van der Waals surface area (Å²) >= 11 is 0. The fraction of sp³-hybridized carbons (Fsp3) is 0.318. The predicted molar refractivity (Wildman–Crippen MR) is 108 cm³/mol. The van der Waals surface area contributed by atoms with Crippen molar-refractivity contribution in [2.45, 2.75) is 44.8 Å². The first-order chi connectivity index (χ1) is 14.0. The van der Waals surface area contributed by atoms with E-state index < -0.39 is 24.0 Å². The van der Waals surface area contributed by atoms with Crippen LogP contribution >= 0.6 is 0 Å². The summed E-state index contributed by atoms with van der Waals surface area (Å²) in [4.78, 5) is 36.3. The van der Waals surface area contributed by atoms with Crippen LogP contribution < -0.4 is 15.4 Å². The highest BCUT2D eigenvalue weighted by molar-refractivity contribution is 5.99. The number of carbonyl (C=O) groups is 3. The second-order valence-electron chi connectivity index (χ2n) is 6.99. The topological polar surface area (TPSA) is 105 Å². The lowest BCUT2D eigenvalue weighted by Gasteiger charge is -2.15. The number of anilines is 1. The van der Waals surface area contributed by atoms with Crippen LogP contribution in [-0.4, -0.2) is 35.0 Å². The number of carboxylic acid groups (broad SMARTS) is 1. The number of hydrogen-bond acceptors (Lipinski definition) is 4. The largest absolute Gasteiger partial charge is 0.480 e. The Hall–Kier alpha value is -3.35. The summed E-state index contributed by atoms with van der Waals surface area (Å²) in [5.74, 6) is -1.15. The second-order valence-corrected chi connectivity index (χ2v) is 6.99. The molecule has 1 aliphatic heterocycles. The number of aliphatic carboxylic acids is 1. The molecule has 7 heteroatoms. The van der Waals surface area contributed by atoms with Gasteiger partial charge in [-0.3, -0.25) is 9.59 Å². The first-order valence-electron chi connectivity index (χ1n) is 9.67. The van der Waals surface area contributed by atoms with Gasteiger partial charge in [-0.25, -0.2) is 4.79 Å². The number of unbranched alkanes of at least 4 members (excludes halogenated alkanes) is 1. The minimum atomic E-state index is -1.06. The minimum absolute atomic E-state index is 0.279. The SMILES string of the molecule is CCCCC(NC(=O)c1cccc(NC(=O)C2Cc3ccccc3O2)c1)C(=O)O. The highest BCUT2D eigenvalue weighted by atomic mass is 16.5. The Morgan fingerprint density at radius 3 is 2.69 bits per heavy atom. The maximum atomic E-state index is 12.5. The van der Waals surface area contributed by atoms with E-state index in [-0.39, 0.29) is 11.5 Å². The third kappa shape index (κ3) is 5.13. The average Bonchev–Trinajstić information content (AvgIpc) is 3.15. The van der Waals surface area contributed by atoms with E-state index in [2.05, 4.69) is 10.6 Å². The van der Waals surface area contributed by atoms with Crippen LogP contribution in [0.5, 0.6) is 5.75 Å². The summed E-state index contributed by atoms with van der Waals surface area (Å²) in [6, 6.07) is 13.0. The van der Waals surface area contributed by atoms with Crippen molar-refractivity contribution >= 4 is 23.5 Å². The second kappa shape index (κ2) is 9.23. The van der Waals surface area contributed by atoms with Crippen molar-refractivity contribution in [3.8, 4) is 5.75 Å². The predicted octanol–water partition coefficient (Wildman–Crippen LogP) is 3.00. The Morgan fingerprint density at radius 1 is 1.17 bits per heavy atom. The van der Waals surface area contributed by atoms with Gasteiger partial charge in [0.2, 0.25) is 0 Å². The fourth-order valence-electron chi connectivity index (χ4n) is 3.20. The summed E-state index contributed by atoms with van der Waals surface area (Å²) in [6.07, 6.45) is 1.77. The molecule has 2 aromatic rings. The fourth-order valence-corrected chi connectivity index (χ4v) is 3.20. The zero-order chi connectivity index (χ0) is 20.8. The van der Waals surface area contributed by atoms with Crippen LogP contribution in [0, 0.1) is 0 Å². The summed E-state index contributed by atoms with van der Waals surface area (Å²) in [5, 5.41) is 14.6. The molecule has 0 bridgehead atoms. The molecule has 0 saturated carbocycles. The maximum absolute atomic E-state index is 12.5. The monoisotopic (exact) mass is 396 g/mol. The molecule has 1 aliphatic rings. The number of carboxylic acids is 1. The van der Waals surface area contributed by atoms with Crippen molar-refractivity contribution in [1.29, 1.82) is 0 Å². The first-order valence-corrected chi connectivity index (χ1v) is 9.67. The molecule has 3 rings (SSSR count). The molecule has 7 nitrogen and oxygen atoms in total. The molecule has 152 valence electrons. The van der Waals surface area contributed by atoms with Gasteiger partial charge in [0.15, 0.2) is 6.10 Å². The minimum Gasteiger partial charge on any atom is -0.480 e. The van der Waals surface area contributed by atoms with Gasteiger partial charge in [0.1, 0.15) is 11.8 Å². The first kappa shape index (κ1) is 20.4. The molecule has 29 heavy (non-hydrogen) atoms. The number of fused-ring (bicyclic) bond motifs is 1. The number of carbonyl (C=O) groups excluding carboxylic acids is 2. The number of ether oxygens (including phenoxy) is 1. The molecular weight excluding hydrogens is 372 g/mol. The highest BCUT2D eigenvalue weighted by Crippen LogP contribution is 2.28. The van der Waals surface area contributed by atoms with Gasteiger partial charge in [-0.15, -0.1) is 0 Å². The molecule has 3 N–H and O–H groups in total. The zero-order valence-electron chi connectivity index (χ0n) is 16.2. The van der Waals surface area contributed by atoms with Crippen molar-refractivity contribution in [2.24, 2.45) is 0 Å². The van der Waals surface area contributed by atoms with E-state index in [9.17, 15) is 19.5 Å². The number of rotatable bonds is 8. The van der Waals surface area contributed by atoms with Crippen LogP contribution in [0.1, 0.15) is 42.1 Å². The lowest BCUT2D eigenvalue weighted by Crippen LogP contribution is -2.40. The molecule has 2 aromatic carbocycles. The van der Waals surface area contributed by atoms with Crippen molar-refractivity contribution in [3.63, 3.8) is 0 Å². The summed E-state index contributed by atoms with van der Waals surface area (Å²) in [7, 11) is 0. The zero-order valence-corrected chi connectivity index (χ0v) is 16.2. The number of amides is 2. The van der Waals surface area contributed by atoms with Gasteiger partial charge < -0.3 is 20.5 Å². The Kier molecular flexibility index (Phi) is 6.49. The molecule has 0 fully saturated rings. The number of hydrogen-bond donors (Lipinski definition) is 3. The van der Waals surface area contributed by atoms with E-state index in [0.717, 1.165) is 12.0 Å². The van der Waals surface area contributed by atoms with E-state index in [1.54, 1.807) is 18.2 Å². The Morgan fingerprint density at radius 2 is 1.97 bits per heavy atom. The smallest absolute Gasteiger partial charge is 0.326 e. The van der Waals surface area contributed by atoms with Gasteiger partial charge in [-0.2, -0.15) is 0 Å². The van der Waals surface area contributed by atoms with Crippen molar-refractivity contribution in [3.05, 3.63) is 59.7 Å². The normalized spacial score (nSPS) is 15.7. The summed E-state index contributed by atoms with van der Waals surface area (Å²) in [5.41, 5.74) is 1.70. The van der Waals surface area contributed by atoms with E-state index >= 15 is 0 Å². The van der Waals surface area contributed by atoms with Crippen molar-refractivity contribution in [2.75, 3.05) is 5.32 Å². The number of benzene rings is 2. The molecule has 0 radical (unpaired) electrons. The van der Waals surface area contributed by atoms with Gasteiger partial charge in [0.05, 0.1) is 0 Å². The van der Waals surface area contributed by atoms with Crippen LogP contribution in [0.2, 0.25) is 0 Å². The van der Waals surface area contributed by atoms with Crippen molar-refractivity contribution < 1.29 is 24.2 Å². The maximum Gasteiger partial charge on any atom is 0.326 e. The van der Waals surface area contributed by atoms with E-state index in [4.69, 9.17) is 4.74 Å². The lowest BCUT2D eigenvalue weighted by atomic mass is 10.1. The lowest BCUT2D eigenvalue weighted by molar-refractivity contribution is -0.139. The quantitative estimate of drug-likeness (QED) is 0.636. The summed E-state index contributed by atoms with van der Waals surface area (Å²) in [6.45, 7) is 1.96. The van der Waals surface area contributed by atoms with Crippen molar-refractivity contribution in [1.82, 2.24) is 5.32 Å². The Labute approximate surface area is 169 Å². The molecule has 0 saturated heterocycles. The summed E-state index contributed by atoms with van der Waals surface area (Å²) < 4.78 is 5.68. The van der Waals surface area contributed by atoms with E-state index in [1.807, 2.05) is 31.2 Å². The molecule has 2 amide bonds. The average molecular weight is 396 g/mol. The van der Waals surface area contributed by atoms with E-state index in [0.29, 0.717) is 30.7 Å². The van der Waals surface area contributed by atoms with Crippen LogP contribution in [0.15, 0.2) is 48.5 Å². The van der Waals surface area contributed by atoms with Crippen LogP contribution in [0.25, 0.3) is 0 Å². The van der Waals surface area contributed by atoms with Gasteiger partial charge in [-0.05, 0) is 36.2 Å². The standard InChI is InChI=1S/C22H24N2O5/c1-2-3-10-17(22(27)28)24-20(25)15-8-6-9-16(12-15)23-21(26)19-13-14-7-4-5-11-18(14)29-19/h4-9,11-12,17,19H,2-3,10,13H2,1H3,(H,23,26)(H,24,25)(H,27,28). The number of nitrogens with one attached hydrogen (secondary N) is 2. The molecule has 2 unspecified atom stereocenters. The van der Waals surface area contributed by atoms with Crippen LogP contribution in [0.4, 0.5) is 5.69 Å². The molecule has 0 aliphatic carbocycles. The molecule has 0 aromatic heterocycles. The molecule has 1 heterocycles. The van der Waals surface area contributed by atoms with Gasteiger partial charge in [-0.1, -0.05) is 44.0 Å².